The minimum absolute atomic E-state index is 0.0338. The Labute approximate surface area is 311 Å². The Bertz CT molecular complexity index is 1900. The zero-order valence-corrected chi connectivity index (χ0v) is 32.1. The Hall–Kier alpha value is -4.71. The molecule has 6 rings (SSSR count). The number of hydrazone groups is 1. The molecule has 0 radical (unpaired) electrons. The van der Waals surface area contributed by atoms with Gasteiger partial charge in [0, 0.05) is 24.3 Å². The second-order valence-electron chi connectivity index (χ2n) is 14.7. The monoisotopic (exact) mass is 722 g/mol. The predicted octanol–water partition coefficient (Wildman–Crippen LogP) is 7.75. The molecular formula is C40H50N8O3S. The third-order valence-corrected chi connectivity index (χ3v) is 11.6. The summed E-state index contributed by atoms with van der Waals surface area (Å²) < 4.78 is 8.12. The van der Waals surface area contributed by atoms with E-state index in [0.717, 1.165) is 55.8 Å². The number of carbonyl (C=O) groups is 2. The van der Waals surface area contributed by atoms with Crippen LogP contribution in [0.4, 0.5) is 11.4 Å². The number of ether oxygens (including phenoxy) is 1. The minimum atomic E-state index is -0.686. The average molecular weight is 723 g/mol. The lowest BCUT2D eigenvalue weighted by atomic mass is 9.76. The Morgan fingerprint density at radius 3 is 2.27 bits per heavy atom. The first-order valence-electron chi connectivity index (χ1n) is 18.4. The number of thioether (sulfide) groups is 1. The van der Waals surface area contributed by atoms with Crippen LogP contribution in [0.5, 0.6) is 5.75 Å². The molecule has 1 aromatic heterocycles. The van der Waals surface area contributed by atoms with Crippen molar-refractivity contribution in [2.45, 2.75) is 108 Å². The number of tetrazole rings is 1. The van der Waals surface area contributed by atoms with Gasteiger partial charge in [-0.15, -0.1) is 5.10 Å². The number of aromatic nitrogens is 4. The van der Waals surface area contributed by atoms with Crippen molar-refractivity contribution in [3.05, 3.63) is 83.9 Å². The van der Waals surface area contributed by atoms with Crippen molar-refractivity contribution in [2.24, 2.45) is 5.10 Å². The molecule has 1 N–H and O–H groups in total. The van der Waals surface area contributed by atoms with Gasteiger partial charge in [-0.05, 0) is 101 Å². The van der Waals surface area contributed by atoms with Crippen molar-refractivity contribution < 1.29 is 14.3 Å². The van der Waals surface area contributed by atoms with Gasteiger partial charge in [-0.2, -0.15) is 14.8 Å². The first-order valence-corrected chi connectivity index (χ1v) is 19.2. The molecule has 0 spiro atoms. The zero-order valence-electron chi connectivity index (χ0n) is 31.3. The highest BCUT2D eigenvalue weighted by atomic mass is 32.2. The Kier molecular flexibility index (Phi) is 11.0. The number of hydrogen-bond acceptors (Lipinski definition) is 9. The van der Waals surface area contributed by atoms with Crippen LogP contribution in [-0.4, -0.2) is 67.2 Å². The van der Waals surface area contributed by atoms with Crippen LogP contribution in [0.2, 0.25) is 0 Å². The molecule has 3 aromatic carbocycles. The molecular weight excluding hydrogens is 673 g/mol. The maximum Gasteiger partial charge on any atom is 0.268 e. The molecule has 0 saturated carbocycles. The molecule has 2 atom stereocenters. The molecule has 2 aliphatic heterocycles. The van der Waals surface area contributed by atoms with Crippen molar-refractivity contribution >= 4 is 40.8 Å². The molecule has 0 bridgehead atoms. The highest BCUT2D eigenvalue weighted by Crippen LogP contribution is 2.39. The fourth-order valence-corrected chi connectivity index (χ4v) is 7.38. The van der Waals surface area contributed by atoms with Crippen LogP contribution >= 0.6 is 11.8 Å². The molecule has 11 nitrogen and oxygen atoms in total. The first-order chi connectivity index (χ1) is 25.0. The maximum absolute atomic E-state index is 14.0. The van der Waals surface area contributed by atoms with Gasteiger partial charge >= 0.3 is 0 Å². The number of nitrogens with zero attached hydrogens (tertiary/aromatic N) is 7. The van der Waals surface area contributed by atoms with Crippen LogP contribution < -0.4 is 15.1 Å². The van der Waals surface area contributed by atoms with E-state index in [2.05, 4.69) is 79.4 Å². The number of para-hydroxylation sites is 1. The quantitative estimate of drug-likeness (QED) is 0.149. The molecule has 0 unspecified atom stereocenters. The van der Waals surface area contributed by atoms with Gasteiger partial charge in [0.1, 0.15) is 11.6 Å². The van der Waals surface area contributed by atoms with Crippen LogP contribution in [0.3, 0.4) is 0 Å². The summed E-state index contributed by atoms with van der Waals surface area (Å²) in [6, 6.07) is 23.2. The molecule has 3 heterocycles. The van der Waals surface area contributed by atoms with Crippen molar-refractivity contribution in [2.75, 3.05) is 23.4 Å². The maximum atomic E-state index is 14.0. The number of benzene rings is 3. The number of rotatable bonds is 13. The van der Waals surface area contributed by atoms with Gasteiger partial charge in [-0.25, -0.2) is 0 Å². The number of likely N-dealkylation sites (tertiary alicyclic amines) is 1. The van der Waals surface area contributed by atoms with Crippen molar-refractivity contribution in [1.82, 2.24) is 25.1 Å². The molecule has 1 saturated heterocycles. The second-order valence-corrected chi connectivity index (χ2v) is 15.8. The SMILES string of the molecule is CC[C@@H](Oc1ccc(C(C)(C)CC)cc1C(C)(C)CC)C(=O)Nc1ccc(N2N=C(N3CCCC3)[C@H](Sc3nnnn3-c3ccccc3)C2=O)cc1. The first kappa shape index (κ1) is 37.1. The fraction of sp³-hybridized carbons (Fsp3) is 0.450. The average Bonchev–Trinajstić information content (AvgIpc) is 3.93. The van der Waals surface area contributed by atoms with E-state index in [1.807, 2.05) is 43.3 Å². The van der Waals surface area contributed by atoms with E-state index in [-0.39, 0.29) is 22.6 Å². The molecule has 2 amide bonds. The van der Waals surface area contributed by atoms with Gasteiger partial charge in [0.2, 0.25) is 5.16 Å². The molecule has 52 heavy (non-hydrogen) atoms. The van der Waals surface area contributed by atoms with E-state index in [9.17, 15) is 9.59 Å². The lowest BCUT2D eigenvalue weighted by molar-refractivity contribution is -0.123. The standard InChI is InChI=1S/C40H50N8O3S/c1-8-32(51-33-23-18-27(39(4,5)9-2)26-31(33)40(6,7)10-3)36(49)41-28-19-21-30(22-20-28)47-37(50)34(35(43-47)46-24-14-15-25-46)52-38-42-44-45-48(38)29-16-12-11-13-17-29/h11-13,16-23,26,32,34H,8-10,14-15,24-25H2,1-7H3,(H,41,49)/t32-,34+/m1/s1. The Morgan fingerprint density at radius 2 is 1.62 bits per heavy atom. The van der Waals surface area contributed by atoms with Crippen LogP contribution in [0.15, 0.2) is 83.1 Å². The van der Waals surface area contributed by atoms with Crippen LogP contribution in [0.1, 0.15) is 91.7 Å². The van der Waals surface area contributed by atoms with Crippen LogP contribution in [0.25, 0.3) is 5.69 Å². The number of amidine groups is 1. The van der Waals surface area contributed by atoms with Crippen LogP contribution in [-0.2, 0) is 20.4 Å². The summed E-state index contributed by atoms with van der Waals surface area (Å²) in [4.78, 5) is 29.8. The van der Waals surface area contributed by atoms with Gasteiger partial charge in [0.05, 0.1) is 11.4 Å². The van der Waals surface area contributed by atoms with Gasteiger partial charge in [-0.1, -0.05) is 90.6 Å². The summed E-state index contributed by atoms with van der Waals surface area (Å²) in [5, 5.41) is 21.5. The number of nitrogens with one attached hydrogen (secondary N) is 1. The lowest BCUT2D eigenvalue weighted by Crippen LogP contribution is -2.37. The van der Waals surface area contributed by atoms with Crippen molar-refractivity contribution in [1.29, 1.82) is 0 Å². The minimum Gasteiger partial charge on any atom is -0.480 e. The summed E-state index contributed by atoms with van der Waals surface area (Å²) in [6.45, 7) is 17.0. The molecule has 12 heteroatoms. The van der Waals surface area contributed by atoms with E-state index >= 15 is 0 Å². The highest BCUT2D eigenvalue weighted by Gasteiger charge is 2.42. The summed E-state index contributed by atoms with van der Waals surface area (Å²) in [7, 11) is 0. The largest absolute Gasteiger partial charge is 0.480 e. The summed E-state index contributed by atoms with van der Waals surface area (Å²) in [5.41, 5.74) is 4.31. The van der Waals surface area contributed by atoms with Gasteiger partial charge in [0.15, 0.2) is 11.4 Å². The third kappa shape index (κ3) is 7.72. The van der Waals surface area contributed by atoms with E-state index in [4.69, 9.17) is 9.84 Å². The third-order valence-electron chi connectivity index (χ3n) is 10.5. The van der Waals surface area contributed by atoms with Crippen molar-refractivity contribution in [3.63, 3.8) is 0 Å². The topological polar surface area (TPSA) is 118 Å². The normalized spacial score (nSPS) is 17.0. The zero-order chi connectivity index (χ0) is 37.0. The Balaban J connectivity index is 1.18. The predicted molar refractivity (Wildman–Crippen MR) is 207 cm³/mol. The summed E-state index contributed by atoms with van der Waals surface area (Å²) in [6.07, 6.45) is 3.86. The summed E-state index contributed by atoms with van der Waals surface area (Å²) in [5.74, 6) is 1.04. The van der Waals surface area contributed by atoms with E-state index in [1.165, 1.54) is 22.3 Å². The Morgan fingerprint density at radius 1 is 0.923 bits per heavy atom. The second kappa shape index (κ2) is 15.5. The van der Waals surface area contributed by atoms with E-state index in [0.29, 0.717) is 28.8 Å². The fourth-order valence-electron chi connectivity index (χ4n) is 6.34. The molecule has 1 fully saturated rings. The van der Waals surface area contributed by atoms with Gasteiger partial charge in [0.25, 0.3) is 11.8 Å². The van der Waals surface area contributed by atoms with Crippen LogP contribution in [0, 0.1) is 0 Å². The molecule has 274 valence electrons. The van der Waals surface area contributed by atoms with Gasteiger partial charge in [-0.3, -0.25) is 9.59 Å². The summed E-state index contributed by atoms with van der Waals surface area (Å²) >= 11 is 1.30. The molecule has 2 aliphatic rings. The number of amides is 2. The smallest absolute Gasteiger partial charge is 0.268 e. The molecule has 4 aromatic rings. The number of anilines is 2. The van der Waals surface area contributed by atoms with E-state index in [1.54, 1.807) is 28.9 Å². The number of carbonyl (C=O) groups excluding carboxylic acids is 2. The van der Waals surface area contributed by atoms with Gasteiger partial charge < -0.3 is 15.0 Å². The highest BCUT2D eigenvalue weighted by molar-refractivity contribution is 8.01. The van der Waals surface area contributed by atoms with E-state index < -0.39 is 11.4 Å². The number of hydrogen-bond donors (Lipinski definition) is 1. The molecule has 0 aliphatic carbocycles. The van der Waals surface area contributed by atoms with Crippen molar-refractivity contribution in [3.8, 4) is 11.4 Å². The lowest BCUT2D eigenvalue weighted by Gasteiger charge is -2.31.